The minimum absolute atomic E-state index is 0.113. The average molecular weight is 381 g/mol. The highest BCUT2D eigenvalue weighted by atomic mass is 19.1. The third-order valence-corrected chi connectivity index (χ3v) is 3.95. The Morgan fingerprint density at radius 3 is 2.26 bits per heavy atom. The van der Waals surface area contributed by atoms with E-state index in [9.17, 15) is 9.18 Å². The van der Waals surface area contributed by atoms with Gasteiger partial charge in [0, 0.05) is 18.3 Å². The van der Waals surface area contributed by atoms with Gasteiger partial charge in [-0.05, 0) is 59.2 Å². The molecule has 5 nitrogen and oxygen atoms in total. The maximum atomic E-state index is 14.4. The number of aromatic nitrogens is 2. The Morgan fingerprint density at radius 2 is 1.81 bits per heavy atom. The molecule has 1 atom stereocenters. The fourth-order valence-electron chi connectivity index (χ4n) is 2.92. The maximum absolute atomic E-state index is 14.4. The van der Waals surface area contributed by atoms with Gasteiger partial charge >= 0.3 is 0 Å². The van der Waals surface area contributed by atoms with Crippen LogP contribution in [-0.4, -0.2) is 22.5 Å². The molecule has 2 aromatic rings. The summed E-state index contributed by atoms with van der Waals surface area (Å²) in [6.07, 6.45) is -0.746. The number of hydrogen-bond donors (Lipinski definition) is 1. The fourth-order valence-corrected chi connectivity index (χ4v) is 2.92. The van der Waals surface area contributed by atoms with E-state index in [2.05, 4.69) is 5.10 Å². The summed E-state index contributed by atoms with van der Waals surface area (Å²) < 4.78 is 27.4. The van der Waals surface area contributed by atoms with E-state index in [1.54, 1.807) is 16.8 Å². The molecule has 0 amide bonds. The number of ether oxygens (including phenoxy) is 2. The molecule has 0 spiro atoms. The van der Waals surface area contributed by atoms with Crippen LogP contribution in [0.1, 0.15) is 77.4 Å². The first-order valence-electron chi connectivity index (χ1n) is 9.64. The second-order valence-electron chi connectivity index (χ2n) is 6.60. The first-order chi connectivity index (χ1) is 12.8. The molecule has 6 heteroatoms. The molecule has 0 radical (unpaired) electrons. The topological polar surface area (TPSA) is 56.2 Å². The molecule has 27 heavy (non-hydrogen) atoms. The van der Waals surface area contributed by atoms with Crippen molar-refractivity contribution in [3.05, 3.63) is 51.2 Å². The van der Waals surface area contributed by atoms with Crippen LogP contribution in [0.4, 0.5) is 4.39 Å². The summed E-state index contributed by atoms with van der Waals surface area (Å²) in [6.45, 7) is 15.8. The van der Waals surface area contributed by atoms with Crippen LogP contribution in [0.25, 0.3) is 0 Å². The van der Waals surface area contributed by atoms with Gasteiger partial charge in [0.2, 0.25) is 0 Å². The van der Waals surface area contributed by atoms with Crippen LogP contribution in [0.3, 0.4) is 0 Å². The van der Waals surface area contributed by atoms with E-state index in [0.717, 1.165) is 5.69 Å². The van der Waals surface area contributed by atoms with Crippen LogP contribution in [0.2, 0.25) is 0 Å². The molecule has 1 heterocycles. The zero-order chi connectivity index (χ0) is 20.7. The van der Waals surface area contributed by atoms with Crippen molar-refractivity contribution in [3.63, 3.8) is 0 Å². The molecule has 0 bridgehead atoms. The highest BCUT2D eigenvalue weighted by molar-refractivity contribution is 5.36. The van der Waals surface area contributed by atoms with Crippen molar-refractivity contribution in [3.8, 4) is 5.75 Å². The Balaban J connectivity index is 0.00000176. The first kappa shape index (κ1) is 23.0. The Labute approximate surface area is 161 Å². The Morgan fingerprint density at radius 1 is 1.19 bits per heavy atom. The highest BCUT2D eigenvalue weighted by Gasteiger charge is 2.25. The van der Waals surface area contributed by atoms with Crippen molar-refractivity contribution >= 4 is 0 Å². The molecular weight excluding hydrogens is 347 g/mol. The molecule has 1 aromatic carbocycles. The lowest BCUT2D eigenvalue weighted by Gasteiger charge is -2.19. The van der Waals surface area contributed by atoms with E-state index in [1.807, 2.05) is 55.4 Å². The fraction of sp³-hybridized carbons (Fsp3) is 0.571. The van der Waals surface area contributed by atoms with Gasteiger partial charge in [-0.1, -0.05) is 19.9 Å². The number of halogens is 1. The molecule has 0 fully saturated rings. The number of rotatable bonds is 7. The third kappa shape index (κ3) is 5.45. The number of nitrogens with zero attached hydrogens (tertiary/aromatic N) is 1. The summed E-state index contributed by atoms with van der Waals surface area (Å²) in [6, 6.07) is 4.82. The monoisotopic (exact) mass is 380 g/mol. The number of benzene rings is 1. The molecule has 0 aliphatic heterocycles. The summed E-state index contributed by atoms with van der Waals surface area (Å²) in [7, 11) is 0. The van der Waals surface area contributed by atoms with Crippen molar-refractivity contribution in [1.29, 1.82) is 0 Å². The van der Waals surface area contributed by atoms with Crippen molar-refractivity contribution in [2.45, 2.75) is 73.6 Å². The van der Waals surface area contributed by atoms with E-state index < -0.39 is 11.9 Å². The van der Waals surface area contributed by atoms with Gasteiger partial charge in [-0.15, -0.1) is 0 Å². The lowest BCUT2D eigenvalue weighted by atomic mass is 10.0. The van der Waals surface area contributed by atoms with Gasteiger partial charge in [-0.25, -0.2) is 4.39 Å². The zero-order valence-electron chi connectivity index (χ0n) is 17.7. The molecule has 1 unspecified atom stereocenters. The van der Waals surface area contributed by atoms with Crippen LogP contribution in [0, 0.1) is 12.7 Å². The molecular formula is C21H33FN2O3. The number of nitrogens with one attached hydrogen (secondary N) is 1. The SMILES string of the molecule is CC.CCOC(c1ccc(OC(C)C)c(F)c1)c1c(C)n(C(C)C)[nH]c1=O. The molecule has 0 aliphatic rings. The normalized spacial score (nSPS) is 12.1. The third-order valence-electron chi connectivity index (χ3n) is 3.95. The Bertz CT molecular complexity index is 778. The van der Waals surface area contributed by atoms with Gasteiger partial charge in [-0.3, -0.25) is 14.6 Å². The standard InChI is InChI=1S/C19H27FN2O3.C2H6/c1-7-24-18(17-13(6)22(11(2)3)21-19(17)23)14-8-9-16(15(20)10-14)25-12(4)5;1-2/h8-12,18H,7H2,1-6H3,(H,21,23);1-2H3. The molecule has 1 N–H and O–H groups in total. The van der Waals surface area contributed by atoms with E-state index in [0.29, 0.717) is 17.7 Å². The van der Waals surface area contributed by atoms with Gasteiger partial charge in [0.15, 0.2) is 11.6 Å². The van der Waals surface area contributed by atoms with Crippen LogP contribution < -0.4 is 10.3 Å². The van der Waals surface area contributed by atoms with Crippen molar-refractivity contribution in [2.75, 3.05) is 6.61 Å². The van der Waals surface area contributed by atoms with Gasteiger partial charge < -0.3 is 9.47 Å². The van der Waals surface area contributed by atoms with Crippen molar-refractivity contribution in [2.24, 2.45) is 0 Å². The summed E-state index contributed by atoms with van der Waals surface area (Å²) in [5, 5.41) is 2.84. The van der Waals surface area contributed by atoms with Crippen LogP contribution >= 0.6 is 0 Å². The minimum Gasteiger partial charge on any atom is -0.488 e. The number of H-pyrrole nitrogens is 1. The van der Waals surface area contributed by atoms with E-state index in [1.165, 1.54) is 6.07 Å². The first-order valence-corrected chi connectivity index (χ1v) is 9.64. The lowest BCUT2D eigenvalue weighted by molar-refractivity contribution is 0.0898. The Kier molecular flexibility index (Phi) is 8.76. The summed E-state index contributed by atoms with van der Waals surface area (Å²) in [5.74, 6) is -0.271. The molecule has 152 valence electrons. The van der Waals surface area contributed by atoms with Gasteiger partial charge in [0.25, 0.3) is 5.56 Å². The molecule has 0 aliphatic carbocycles. The van der Waals surface area contributed by atoms with Crippen LogP contribution in [0.5, 0.6) is 5.75 Å². The predicted molar refractivity (Wildman–Crippen MR) is 107 cm³/mol. The minimum atomic E-state index is -0.628. The second kappa shape index (κ2) is 10.3. The number of hydrogen-bond acceptors (Lipinski definition) is 3. The quantitative estimate of drug-likeness (QED) is 0.723. The van der Waals surface area contributed by atoms with Gasteiger partial charge in [-0.2, -0.15) is 0 Å². The summed E-state index contributed by atoms with van der Waals surface area (Å²) in [4.78, 5) is 12.5. The van der Waals surface area contributed by atoms with E-state index in [-0.39, 0.29) is 23.5 Å². The molecule has 1 aromatic heterocycles. The molecule has 0 saturated heterocycles. The average Bonchev–Trinajstić information content (AvgIpc) is 2.91. The summed E-state index contributed by atoms with van der Waals surface area (Å²) in [5.41, 5.74) is 1.67. The maximum Gasteiger partial charge on any atom is 0.270 e. The smallest absolute Gasteiger partial charge is 0.270 e. The van der Waals surface area contributed by atoms with Crippen molar-refractivity contribution < 1.29 is 13.9 Å². The van der Waals surface area contributed by atoms with Gasteiger partial charge in [0.1, 0.15) is 6.10 Å². The highest BCUT2D eigenvalue weighted by Crippen LogP contribution is 2.30. The van der Waals surface area contributed by atoms with Crippen LogP contribution in [0.15, 0.2) is 23.0 Å². The second-order valence-corrected chi connectivity index (χ2v) is 6.60. The summed E-state index contributed by atoms with van der Waals surface area (Å²) >= 11 is 0. The predicted octanol–water partition coefficient (Wildman–Crippen LogP) is 5.14. The van der Waals surface area contributed by atoms with Gasteiger partial charge in [0.05, 0.1) is 11.7 Å². The Hall–Kier alpha value is -2.08. The van der Waals surface area contributed by atoms with Crippen molar-refractivity contribution in [1.82, 2.24) is 9.78 Å². The van der Waals surface area contributed by atoms with E-state index in [4.69, 9.17) is 9.47 Å². The molecule has 0 saturated carbocycles. The zero-order valence-corrected chi connectivity index (χ0v) is 17.7. The van der Waals surface area contributed by atoms with E-state index >= 15 is 0 Å². The van der Waals surface area contributed by atoms with Crippen LogP contribution in [-0.2, 0) is 4.74 Å². The number of aromatic amines is 1. The molecule has 2 rings (SSSR count). The lowest BCUT2D eigenvalue weighted by Crippen LogP contribution is -2.16. The largest absolute Gasteiger partial charge is 0.488 e.